The highest BCUT2D eigenvalue weighted by atomic mass is 35.5. The molecule has 1 aromatic heterocycles. The van der Waals surface area contributed by atoms with E-state index in [1.807, 2.05) is 66.7 Å². The standard InChI is InChI=1S/C29H20Cl2N2O3/c30-21-8-1-17(2-9-21)28(18-3-10-22(31)11-4-18)20-7-14-25-24(15-20)26(16-27(34)33-25)32-23-12-5-19(6-13-23)29(35)36/h1-16,28H,(H,35,36)(H2,32,33,34). The summed E-state index contributed by atoms with van der Waals surface area (Å²) in [6.45, 7) is 0. The van der Waals surface area contributed by atoms with Crippen LogP contribution >= 0.6 is 23.2 Å². The van der Waals surface area contributed by atoms with Crippen LogP contribution in [-0.2, 0) is 0 Å². The fourth-order valence-corrected chi connectivity index (χ4v) is 4.55. The Labute approximate surface area is 217 Å². The maximum Gasteiger partial charge on any atom is 0.335 e. The molecule has 0 saturated carbocycles. The van der Waals surface area contributed by atoms with Crippen molar-refractivity contribution in [2.24, 2.45) is 0 Å². The highest BCUT2D eigenvalue weighted by Crippen LogP contribution is 2.36. The number of rotatable bonds is 6. The summed E-state index contributed by atoms with van der Waals surface area (Å²) < 4.78 is 0. The molecule has 0 aliphatic rings. The van der Waals surface area contributed by atoms with Gasteiger partial charge in [0.25, 0.3) is 0 Å². The predicted octanol–water partition coefficient (Wildman–Crippen LogP) is 7.46. The van der Waals surface area contributed by atoms with Gasteiger partial charge >= 0.3 is 5.97 Å². The van der Waals surface area contributed by atoms with Crippen LogP contribution in [0.3, 0.4) is 0 Å². The third kappa shape index (κ3) is 4.98. The Morgan fingerprint density at radius 3 is 1.86 bits per heavy atom. The molecule has 0 aliphatic carbocycles. The van der Waals surface area contributed by atoms with E-state index in [4.69, 9.17) is 28.3 Å². The van der Waals surface area contributed by atoms with Crippen molar-refractivity contribution in [3.8, 4) is 0 Å². The zero-order chi connectivity index (χ0) is 25.2. The zero-order valence-corrected chi connectivity index (χ0v) is 20.3. The van der Waals surface area contributed by atoms with Crippen LogP contribution in [0.4, 0.5) is 11.4 Å². The van der Waals surface area contributed by atoms with Gasteiger partial charge in [-0.3, -0.25) is 4.79 Å². The molecule has 0 saturated heterocycles. The first-order chi connectivity index (χ1) is 17.4. The maximum atomic E-state index is 12.4. The van der Waals surface area contributed by atoms with E-state index in [1.165, 1.54) is 18.2 Å². The number of aromatic nitrogens is 1. The average Bonchev–Trinajstić information content (AvgIpc) is 2.87. The van der Waals surface area contributed by atoms with Crippen LogP contribution in [0, 0.1) is 0 Å². The first-order valence-electron chi connectivity index (χ1n) is 11.2. The number of aromatic amines is 1. The zero-order valence-electron chi connectivity index (χ0n) is 18.8. The largest absolute Gasteiger partial charge is 0.478 e. The van der Waals surface area contributed by atoms with Gasteiger partial charge in [0, 0.05) is 33.1 Å². The second kappa shape index (κ2) is 9.90. The van der Waals surface area contributed by atoms with E-state index in [2.05, 4.69) is 10.3 Å². The molecular weight excluding hydrogens is 495 g/mol. The molecule has 0 fully saturated rings. The van der Waals surface area contributed by atoms with Gasteiger partial charge in [-0.15, -0.1) is 0 Å². The van der Waals surface area contributed by atoms with Gasteiger partial charge in [-0.2, -0.15) is 0 Å². The number of benzene rings is 4. The monoisotopic (exact) mass is 514 g/mol. The topological polar surface area (TPSA) is 82.2 Å². The number of nitrogens with one attached hydrogen (secondary N) is 2. The molecule has 3 N–H and O–H groups in total. The number of carboxylic acids is 1. The number of carbonyl (C=O) groups is 1. The minimum atomic E-state index is -0.997. The Kier molecular flexibility index (Phi) is 6.51. The van der Waals surface area contributed by atoms with Crippen LogP contribution < -0.4 is 10.9 Å². The van der Waals surface area contributed by atoms with Crippen molar-refractivity contribution in [2.75, 3.05) is 5.32 Å². The van der Waals surface area contributed by atoms with E-state index in [0.29, 0.717) is 26.9 Å². The molecule has 0 unspecified atom stereocenters. The van der Waals surface area contributed by atoms with E-state index < -0.39 is 5.97 Å². The molecule has 0 amide bonds. The number of halogens is 2. The lowest BCUT2D eigenvalue weighted by Crippen LogP contribution is -2.08. The summed E-state index contributed by atoms with van der Waals surface area (Å²) in [6, 6.07) is 29.3. The minimum Gasteiger partial charge on any atom is -0.478 e. The van der Waals surface area contributed by atoms with E-state index in [0.717, 1.165) is 22.1 Å². The van der Waals surface area contributed by atoms with Gasteiger partial charge < -0.3 is 15.4 Å². The number of H-pyrrole nitrogens is 1. The van der Waals surface area contributed by atoms with E-state index in [1.54, 1.807) is 12.1 Å². The van der Waals surface area contributed by atoms with Gasteiger partial charge in [-0.1, -0.05) is 53.5 Å². The van der Waals surface area contributed by atoms with Gasteiger partial charge in [0.1, 0.15) is 0 Å². The molecule has 5 aromatic rings. The maximum absolute atomic E-state index is 12.4. The molecule has 0 bridgehead atoms. The summed E-state index contributed by atoms with van der Waals surface area (Å²) >= 11 is 12.3. The lowest BCUT2D eigenvalue weighted by molar-refractivity contribution is 0.0697. The normalized spacial score (nSPS) is 11.1. The minimum absolute atomic E-state index is 0.0986. The van der Waals surface area contributed by atoms with Crippen LogP contribution in [0.25, 0.3) is 10.9 Å². The van der Waals surface area contributed by atoms with Crippen LogP contribution in [-0.4, -0.2) is 16.1 Å². The van der Waals surface area contributed by atoms with Crippen LogP contribution in [0.15, 0.2) is 102 Å². The van der Waals surface area contributed by atoms with Gasteiger partial charge in [0.05, 0.1) is 16.8 Å². The Morgan fingerprint density at radius 2 is 1.31 bits per heavy atom. The number of anilines is 2. The number of pyridine rings is 1. The number of fused-ring (bicyclic) bond motifs is 1. The molecule has 36 heavy (non-hydrogen) atoms. The Balaban J connectivity index is 1.63. The third-order valence-electron chi connectivity index (χ3n) is 6.02. The van der Waals surface area contributed by atoms with Crippen molar-refractivity contribution in [2.45, 2.75) is 5.92 Å². The van der Waals surface area contributed by atoms with Gasteiger partial charge in [0.2, 0.25) is 5.56 Å². The number of carboxylic acid groups (broad SMARTS) is 1. The van der Waals surface area contributed by atoms with Crippen molar-refractivity contribution in [3.05, 3.63) is 140 Å². The molecule has 0 spiro atoms. The van der Waals surface area contributed by atoms with Crippen molar-refractivity contribution in [3.63, 3.8) is 0 Å². The number of aromatic carboxylic acids is 1. The molecule has 178 valence electrons. The summed E-state index contributed by atoms with van der Waals surface area (Å²) in [7, 11) is 0. The Bertz CT molecular complexity index is 1570. The van der Waals surface area contributed by atoms with Crippen molar-refractivity contribution in [1.82, 2.24) is 4.98 Å². The van der Waals surface area contributed by atoms with E-state index in [-0.39, 0.29) is 17.0 Å². The lowest BCUT2D eigenvalue weighted by Gasteiger charge is -2.20. The highest BCUT2D eigenvalue weighted by molar-refractivity contribution is 6.30. The fraction of sp³-hybridized carbons (Fsp3) is 0.0345. The summed E-state index contributed by atoms with van der Waals surface area (Å²) in [5, 5.41) is 14.6. The lowest BCUT2D eigenvalue weighted by atomic mass is 9.84. The number of hydrogen-bond donors (Lipinski definition) is 3. The molecule has 4 aromatic carbocycles. The molecule has 0 atom stereocenters. The van der Waals surface area contributed by atoms with E-state index in [9.17, 15) is 9.59 Å². The first kappa shape index (κ1) is 23.7. The first-order valence-corrected chi connectivity index (χ1v) is 11.9. The summed E-state index contributed by atoms with van der Waals surface area (Å²) in [6.07, 6.45) is 0. The van der Waals surface area contributed by atoms with Crippen LogP contribution in [0.1, 0.15) is 33.0 Å². The molecular formula is C29H20Cl2N2O3. The Morgan fingerprint density at radius 1 is 0.750 bits per heavy atom. The van der Waals surface area contributed by atoms with Crippen LogP contribution in [0.2, 0.25) is 10.0 Å². The third-order valence-corrected chi connectivity index (χ3v) is 6.52. The molecule has 1 heterocycles. The second-order valence-corrected chi connectivity index (χ2v) is 9.27. The van der Waals surface area contributed by atoms with Gasteiger partial charge in [-0.25, -0.2) is 4.79 Å². The summed E-state index contributed by atoms with van der Waals surface area (Å²) in [4.78, 5) is 26.4. The van der Waals surface area contributed by atoms with E-state index >= 15 is 0 Å². The van der Waals surface area contributed by atoms with Crippen molar-refractivity contribution >= 4 is 51.4 Å². The molecule has 7 heteroatoms. The quantitative estimate of drug-likeness (QED) is 0.205. The summed E-state index contributed by atoms with van der Waals surface area (Å²) in [5.74, 6) is -1.10. The molecule has 0 aliphatic heterocycles. The SMILES string of the molecule is O=C(O)c1ccc(Nc2cc(=O)[nH]c3ccc(C(c4ccc(Cl)cc4)c4ccc(Cl)cc4)cc23)cc1. The van der Waals surface area contributed by atoms with Crippen molar-refractivity contribution in [1.29, 1.82) is 0 Å². The summed E-state index contributed by atoms with van der Waals surface area (Å²) in [5.41, 5.74) is 5.05. The molecule has 5 rings (SSSR count). The molecule has 5 nitrogen and oxygen atoms in total. The molecule has 0 radical (unpaired) electrons. The van der Waals surface area contributed by atoms with Crippen molar-refractivity contribution < 1.29 is 9.90 Å². The highest BCUT2D eigenvalue weighted by Gasteiger charge is 2.18. The second-order valence-electron chi connectivity index (χ2n) is 8.40. The Hall–Kier alpha value is -4.06. The number of hydrogen-bond acceptors (Lipinski definition) is 3. The smallest absolute Gasteiger partial charge is 0.335 e. The van der Waals surface area contributed by atoms with Gasteiger partial charge in [-0.05, 0) is 77.4 Å². The van der Waals surface area contributed by atoms with Crippen LogP contribution in [0.5, 0.6) is 0 Å². The van der Waals surface area contributed by atoms with Gasteiger partial charge in [0.15, 0.2) is 0 Å². The predicted molar refractivity (Wildman–Crippen MR) is 145 cm³/mol. The average molecular weight is 515 g/mol. The fourth-order valence-electron chi connectivity index (χ4n) is 4.29.